The molecule has 1 aromatic carbocycles. The van der Waals surface area contributed by atoms with Crippen molar-refractivity contribution in [3.63, 3.8) is 0 Å². The molecular weight excluding hydrogens is 255 g/mol. The number of hydrogen-bond donors (Lipinski definition) is 0. The highest BCUT2D eigenvalue weighted by Crippen LogP contribution is 2.35. The highest BCUT2D eigenvalue weighted by Gasteiger charge is 2.33. The third kappa shape index (κ3) is 2.10. The van der Waals surface area contributed by atoms with Crippen LogP contribution in [0.3, 0.4) is 0 Å². The first-order valence-corrected chi connectivity index (χ1v) is 4.94. The van der Waals surface area contributed by atoms with E-state index in [2.05, 4.69) is 4.98 Å². The zero-order valence-electron chi connectivity index (χ0n) is 8.25. The summed E-state index contributed by atoms with van der Waals surface area (Å²) >= 11 is 5.30. The van der Waals surface area contributed by atoms with Gasteiger partial charge in [-0.05, 0) is 29.8 Å². The van der Waals surface area contributed by atoms with Crippen LogP contribution in [0, 0.1) is 0 Å². The zero-order valence-corrected chi connectivity index (χ0v) is 9.01. The molecule has 0 aliphatic heterocycles. The van der Waals surface area contributed by atoms with Crippen LogP contribution >= 0.6 is 11.6 Å². The number of rotatable bonds is 1. The van der Waals surface area contributed by atoms with Crippen LogP contribution in [0.4, 0.5) is 13.2 Å². The minimum absolute atomic E-state index is 0.0165. The Hall–Kier alpha value is -1.62. The van der Waals surface area contributed by atoms with Gasteiger partial charge in [-0.25, -0.2) is 0 Å². The lowest BCUT2D eigenvalue weighted by atomic mass is 10.0. The zero-order chi connectivity index (χ0) is 12.6. The van der Waals surface area contributed by atoms with Crippen molar-refractivity contribution in [1.82, 2.24) is 4.98 Å². The molecule has 1 aromatic heterocycles. The summed E-state index contributed by atoms with van der Waals surface area (Å²) in [6.45, 7) is 0. The SMILES string of the molecule is O=C(Cl)c1ccc(C(F)(F)F)c2ncccc12. The molecule has 0 fully saturated rings. The Kier molecular flexibility index (Phi) is 2.79. The molecule has 0 unspecified atom stereocenters. The average molecular weight is 260 g/mol. The van der Waals surface area contributed by atoms with Crippen molar-refractivity contribution in [2.75, 3.05) is 0 Å². The van der Waals surface area contributed by atoms with Gasteiger partial charge < -0.3 is 0 Å². The van der Waals surface area contributed by atoms with E-state index in [9.17, 15) is 18.0 Å². The van der Waals surface area contributed by atoms with Crippen molar-refractivity contribution in [3.05, 3.63) is 41.6 Å². The van der Waals surface area contributed by atoms with Crippen LogP contribution in [-0.4, -0.2) is 10.2 Å². The molecule has 0 spiro atoms. The Morgan fingerprint density at radius 2 is 1.94 bits per heavy atom. The smallest absolute Gasteiger partial charge is 0.276 e. The van der Waals surface area contributed by atoms with E-state index in [0.717, 1.165) is 12.1 Å². The lowest BCUT2D eigenvalue weighted by molar-refractivity contribution is -0.136. The third-order valence-electron chi connectivity index (χ3n) is 2.29. The van der Waals surface area contributed by atoms with Crippen LogP contribution in [0.25, 0.3) is 10.9 Å². The molecule has 0 bridgehead atoms. The second-order valence-corrected chi connectivity index (χ2v) is 3.68. The minimum Gasteiger partial charge on any atom is -0.276 e. The van der Waals surface area contributed by atoms with Crippen molar-refractivity contribution in [2.24, 2.45) is 0 Å². The highest BCUT2D eigenvalue weighted by atomic mass is 35.5. The number of alkyl halides is 3. The van der Waals surface area contributed by atoms with Crippen LogP contribution in [0.2, 0.25) is 0 Å². The van der Waals surface area contributed by atoms with Gasteiger partial charge in [-0.2, -0.15) is 13.2 Å². The quantitative estimate of drug-likeness (QED) is 0.732. The summed E-state index contributed by atoms with van der Waals surface area (Å²) in [6, 6.07) is 4.70. The van der Waals surface area contributed by atoms with Gasteiger partial charge in [-0.15, -0.1) is 0 Å². The molecule has 88 valence electrons. The van der Waals surface area contributed by atoms with E-state index >= 15 is 0 Å². The topological polar surface area (TPSA) is 30.0 Å². The number of aromatic nitrogens is 1. The van der Waals surface area contributed by atoms with Gasteiger partial charge in [0, 0.05) is 17.1 Å². The van der Waals surface area contributed by atoms with Crippen LogP contribution in [-0.2, 0) is 6.18 Å². The molecule has 6 heteroatoms. The van der Waals surface area contributed by atoms with Gasteiger partial charge in [0.25, 0.3) is 5.24 Å². The number of halogens is 4. The lowest BCUT2D eigenvalue weighted by Gasteiger charge is -2.10. The molecule has 0 aliphatic rings. The van der Waals surface area contributed by atoms with E-state index in [4.69, 9.17) is 11.6 Å². The molecule has 1 heterocycles. The molecule has 0 amide bonds. The summed E-state index contributed by atoms with van der Waals surface area (Å²) in [4.78, 5) is 14.7. The maximum atomic E-state index is 12.7. The molecule has 0 atom stereocenters. The minimum atomic E-state index is -4.51. The van der Waals surface area contributed by atoms with E-state index in [1.807, 2.05) is 0 Å². The fourth-order valence-corrected chi connectivity index (χ4v) is 1.74. The van der Waals surface area contributed by atoms with E-state index < -0.39 is 17.0 Å². The Bertz CT molecular complexity index is 595. The molecule has 0 N–H and O–H groups in total. The van der Waals surface area contributed by atoms with Gasteiger partial charge in [-0.1, -0.05) is 6.07 Å². The average Bonchev–Trinajstić information content (AvgIpc) is 2.26. The van der Waals surface area contributed by atoms with Gasteiger partial charge in [0.2, 0.25) is 0 Å². The summed E-state index contributed by atoms with van der Waals surface area (Å²) < 4.78 is 38.1. The Balaban J connectivity index is 2.85. The second-order valence-electron chi connectivity index (χ2n) is 3.33. The van der Waals surface area contributed by atoms with Crippen LogP contribution in [0.1, 0.15) is 15.9 Å². The summed E-state index contributed by atoms with van der Waals surface area (Å²) in [5.74, 6) is 0. The Morgan fingerprint density at radius 3 is 2.53 bits per heavy atom. The summed E-state index contributed by atoms with van der Waals surface area (Å²) in [5, 5.41) is -0.709. The monoisotopic (exact) mass is 259 g/mol. The number of pyridine rings is 1. The fraction of sp³-hybridized carbons (Fsp3) is 0.0909. The van der Waals surface area contributed by atoms with Crippen molar-refractivity contribution in [2.45, 2.75) is 6.18 Å². The van der Waals surface area contributed by atoms with Crippen molar-refractivity contribution in [1.29, 1.82) is 0 Å². The lowest BCUT2D eigenvalue weighted by Crippen LogP contribution is -2.07. The summed E-state index contributed by atoms with van der Waals surface area (Å²) in [5.41, 5.74) is -1.14. The van der Waals surface area contributed by atoms with Crippen molar-refractivity contribution < 1.29 is 18.0 Å². The first kappa shape index (κ1) is 11.9. The van der Waals surface area contributed by atoms with Crippen LogP contribution < -0.4 is 0 Å². The second kappa shape index (κ2) is 4.00. The van der Waals surface area contributed by atoms with E-state index in [-0.39, 0.29) is 16.5 Å². The molecule has 17 heavy (non-hydrogen) atoms. The summed E-state index contributed by atoms with van der Waals surface area (Å²) in [7, 11) is 0. The Morgan fingerprint density at radius 1 is 1.24 bits per heavy atom. The number of nitrogens with zero attached hydrogens (tertiary/aromatic N) is 1. The summed E-state index contributed by atoms with van der Waals surface area (Å²) in [6.07, 6.45) is -3.28. The predicted octanol–water partition coefficient (Wildman–Crippen LogP) is 3.63. The number of carbonyl (C=O) groups excluding carboxylic acids is 1. The molecule has 0 aliphatic carbocycles. The number of carbonyl (C=O) groups is 1. The van der Waals surface area contributed by atoms with Gasteiger partial charge in [-0.3, -0.25) is 9.78 Å². The van der Waals surface area contributed by atoms with Crippen molar-refractivity contribution >= 4 is 27.7 Å². The van der Waals surface area contributed by atoms with Gasteiger partial charge in [0.1, 0.15) is 0 Å². The number of benzene rings is 1. The van der Waals surface area contributed by atoms with Crippen molar-refractivity contribution in [3.8, 4) is 0 Å². The molecule has 0 saturated heterocycles. The number of hydrogen-bond acceptors (Lipinski definition) is 2. The largest absolute Gasteiger partial charge is 0.418 e. The molecule has 2 aromatic rings. The third-order valence-corrected chi connectivity index (χ3v) is 2.49. The molecule has 0 saturated carbocycles. The first-order valence-electron chi connectivity index (χ1n) is 4.56. The van der Waals surface area contributed by atoms with Crippen LogP contribution in [0.15, 0.2) is 30.5 Å². The van der Waals surface area contributed by atoms with Gasteiger partial charge in [0.05, 0.1) is 11.1 Å². The maximum Gasteiger partial charge on any atom is 0.418 e. The molecule has 2 rings (SSSR count). The molecule has 0 radical (unpaired) electrons. The van der Waals surface area contributed by atoms with E-state index in [1.54, 1.807) is 0 Å². The maximum absolute atomic E-state index is 12.7. The van der Waals surface area contributed by atoms with Gasteiger partial charge in [0.15, 0.2) is 0 Å². The standard InChI is InChI=1S/C11H5ClF3NO/c12-10(17)7-3-4-8(11(13,14)15)9-6(7)2-1-5-16-9/h1-5H. The first-order chi connectivity index (χ1) is 7.91. The number of fused-ring (bicyclic) bond motifs is 1. The van der Waals surface area contributed by atoms with E-state index in [0.29, 0.717) is 0 Å². The molecular formula is C11H5ClF3NO. The van der Waals surface area contributed by atoms with Gasteiger partial charge >= 0.3 is 6.18 Å². The normalized spacial score (nSPS) is 11.8. The Labute approximate surface area is 99.0 Å². The highest BCUT2D eigenvalue weighted by molar-refractivity contribution is 6.68. The molecule has 2 nitrogen and oxygen atoms in total. The van der Waals surface area contributed by atoms with Crippen LogP contribution in [0.5, 0.6) is 0 Å². The fourth-order valence-electron chi connectivity index (χ4n) is 1.57. The van der Waals surface area contributed by atoms with E-state index in [1.165, 1.54) is 18.3 Å². The predicted molar refractivity (Wildman–Crippen MR) is 56.9 cm³/mol.